The molecule has 9 rings (SSSR count). The predicted octanol–water partition coefficient (Wildman–Crippen LogP) is 11.4. The van der Waals surface area contributed by atoms with Crippen LogP contribution in [0, 0.1) is 0 Å². The molecule has 51 heavy (non-hydrogen) atoms. The summed E-state index contributed by atoms with van der Waals surface area (Å²) in [5.41, 5.74) is 10.3. The number of furan rings is 1. The molecule has 2 aromatic heterocycles. The van der Waals surface area contributed by atoms with E-state index in [0.29, 0.717) is 18.2 Å². The third-order valence-corrected chi connectivity index (χ3v) is 9.39. The van der Waals surface area contributed by atoms with Crippen LogP contribution in [0.3, 0.4) is 0 Å². The third-order valence-electron chi connectivity index (χ3n) is 9.39. The Hall–Kier alpha value is -6.85. The highest BCUT2D eigenvalue weighted by molar-refractivity contribution is 6.24. The maximum atomic E-state index is 6.37. The van der Waals surface area contributed by atoms with Crippen molar-refractivity contribution in [2.24, 2.45) is 15.0 Å². The van der Waals surface area contributed by atoms with Crippen LogP contribution in [0.15, 0.2) is 189 Å². The largest absolute Gasteiger partial charge is 0.456 e. The zero-order valence-electron chi connectivity index (χ0n) is 27.8. The summed E-state index contributed by atoms with van der Waals surface area (Å²) in [5.74, 6) is 1.14. The standard InChI is InChI=1S/C46H32N4O/c1-47-45(32-16-4-2-5-17-32)49-46(33-18-6-3-7-19-33)48-30-31-15-14-20-34(29-31)35-21-8-11-24-39(35)50-40-25-12-9-22-36(40)37-27-28-42-43(44(37)50)38-23-10-13-26-41(38)51-42/h2-29H,1,30H2/b48-46-,49-45-. The Morgan fingerprint density at radius 1 is 0.569 bits per heavy atom. The van der Waals surface area contributed by atoms with Gasteiger partial charge in [-0.1, -0.05) is 133 Å². The van der Waals surface area contributed by atoms with E-state index in [0.717, 1.165) is 66.5 Å². The lowest BCUT2D eigenvalue weighted by Crippen LogP contribution is -2.05. The molecule has 0 fully saturated rings. The van der Waals surface area contributed by atoms with E-state index in [4.69, 9.17) is 14.4 Å². The lowest BCUT2D eigenvalue weighted by atomic mass is 10.0. The summed E-state index contributed by atoms with van der Waals surface area (Å²) in [7, 11) is 0. The molecule has 0 N–H and O–H groups in total. The highest BCUT2D eigenvalue weighted by Crippen LogP contribution is 2.42. The van der Waals surface area contributed by atoms with E-state index in [2.05, 4.69) is 113 Å². The van der Waals surface area contributed by atoms with Gasteiger partial charge >= 0.3 is 0 Å². The minimum atomic E-state index is 0.444. The van der Waals surface area contributed by atoms with Gasteiger partial charge in [0.15, 0.2) is 11.7 Å². The molecule has 0 aliphatic rings. The first-order valence-corrected chi connectivity index (χ1v) is 17.0. The molecule has 0 amide bonds. The van der Waals surface area contributed by atoms with E-state index in [1.165, 1.54) is 10.8 Å². The van der Waals surface area contributed by atoms with Gasteiger partial charge in [-0.2, -0.15) is 0 Å². The van der Waals surface area contributed by atoms with Gasteiger partial charge in [-0.25, -0.2) is 9.98 Å². The number of hydrogen-bond donors (Lipinski definition) is 0. The summed E-state index contributed by atoms with van der Waals surface area (Å²) < 4.78 is 8.78. The second-order valence-corrected chi connectivity index (χ2v) is 12.5. The van der Waals surface area contributed by atoms with Crippen molar-refractivity contribution in [2.75, 3.05) is 0 Å². The molecule has 0 bridgehead atoms. The van der Waals surface area contributed by atoms with E-state index < -0.39 is 0 Å². The SMILES string of the molecule is C=N/C(=N\C(=N/Cc1cccc(-c2ccccc2-n2c3ccccc3c3ccc4oc5ccccc5c4c32)c1)c1ccccc1)c1ccccc1. The lowest BCUT2D eigenvalue weighted by molar-refractivity contribution is 0.669. The van der Waals surface area contributed by atoms with Gasteiger partial charge < -0.3 is 8.98 Å². The molecule has 0 aliphatic heterocycles. The van der Waals surface area contributed by atoms with Gasteiger partial charge in [-0.05, 0) is 54.2 Å². The minimum absolute atomic E-state index is 0.444. The van der Waals surface area contributed by atoms with Crippen LogP contribution in [0.5, 0.6) is 0 Å². The quantitative estimate of drug-likeness (QED) is 0.130. The van der Waals surface area contributed by atoms with Crippen molar-refractivity contribution in [3.63, 3.8) is 0 Å². The van der Waals surface area contributed by atoms with Crippen molar-refractivity contribution < 1.29 is 4.42 Å². The third kappa shape index (κ3) is 5.42. The molecule has 5 heteroatoms. The van der Waals surface area contributed by atoms with E-state index >= 15 is 0 Å². The Morgan fingerprint density at radius 3 is 2.06 bits per heavy atom. The highest BCUT2D eigenvalue weighted by Gasteiger charge is 2.20. The molecule has 0 aliphatic carbocycles. The second-order valence-electron chi connectivity index (χ2n) is 12.5. The number of amidine groups is 2. The van der Waals surface area contributed by atoms with E-state index in [-0.39, 0.29) is 0 Å². The minimum Gasteiger partial charge on any atom is -0.456 e. The number of benzene rings is 7. The number of hydrogen-bond acceptors (Lipinski definition) is 2. The predicted molar refractivity (Wildman–Crippen MR) is 213 cm³/mol. The first-order chi connectivity index (χ1) is 25.3. The van der Waals surface area contributed by atoms with Crippen LogP contribution >= 0.6 is 0 Å². The fourth-order valence-electron chi connectivity index (χ4n) is 7.09. The molecule has 0 spiro atoms. The average Bonchev–Trinajstić information content (AvgIpc) is 3.74. The summed E-state index contributed by atoms with van der Waals surface area (Å²) in [6.45, 7) is 4.24. The van der Waals surface area contributed by atoms with Crippen LogP contribution in [0.4, 0.5) is 0 Å². The molecule has 5 nitrogen and oxygen atoms in total. The Labute approximate surface area is 295 Å². The van der Waals surface area contributed by atoms with E-state index in [1.807, 2.05) is 72.8 Å². The zero-order chi connectivity index (χ0) is 34.1. The maximum absolute atomic E-state index is 6.37. The maximum Gasteiger partial charge on any atom is 0.161 e. The summed E-state index contributed by atoms with van der Waals surface area (Å²) in [6.07, 6.45) is 0. The van der Waals surface area contributed by atoms with Crippen LogP contribution in [0.1, 0.15) is 16.7 Å². The molecule has 0 saturated heterocycles. The number of fused-ring (bicyclic) bond motifs is 7. The molecule has 0 unspecified atom stereocenters. The van der Waals surface area contributed by atoms with Crippen molar-refractivity contribution in [1.29, 1.82) is 0 Å². The van der Waals surface area contributed by atoms with Gasteiger partial charge in [-0.3, -0.25) is 4.99 Å². The number of rotatable bonds is 6. The van der Waals surface area contributed by atoms with Crippen molar-refractivity contribution in [3.05, 3.63) is 187 Å². The summed E-state index contributed by atoms with van der Waals surface area (Å²) in [5, 5.41) is 4.63. The molecule has 242 valence electrons. The molecule has 7 aromatic carbocycles. The van der Waals surface area contributed by atoms with Crippen LogP contribution in [0.2, 0.25) is 0 Å². The molecular formula is C46H32N4O. The fraction of sp³-hybridized carbons (Fsp3) is 0.0217. The molecular weight excluding hydrogens is 625 g/mol. The summed E-state index contributed by atoms with van der Waals surface area (Å²) in [4.78, 5) is 14.2. The topological polar surface area (TPSA) is 55.1 Å². The second kappa shape index (κ2) is 12.9. The van der Waals surface area contributed by atoms with E-state index in [1.54, 1.807) is 0 Å². The number of aromatic nitrogens is 1. The van der Waals surface area contributed by atoms with Gasteiger partial charge in [0, 0.05) is 32.8 Å². The van der Waals surface area contributed by atoms with Crippen molar-refractivity contribution >= 4 is 62.1 Å². The fourth-order valence-corrected chi connectivity index (χ4v) is 7.09. The lowest BCUT2D eigenvalue weighted by Gasteiger charge is -2.15. The van der Waals surface area contributed by atoms with E-state index in [9.17, 15) is 0 Å². The first-order valence-electron chi connectivity index (χ1n) is 17.0. The van der Waals surface area contributed by atoms with Gasteiger partial charge in [0.1, 0.15) is 11.2 Å². The van der Waals surface area contributed by atoms with Crippen molar-refractivity contribution in [2.45, 2.75) is 6.54 Å². The summed E-state index contributed by atoms with van der Waals surface area (Å²) in [6, 6.07) is 58.4. The normalized spacial score (nSPS) is 12.3. The Balaban J connectivity index is 1.18. The van der Waals surface area contributed by atoms with Gasteiger partial charge in [0.2, 0.25) is 0 Å². The Bertz CT molecular complexity index is 2790. The van der Waals surface area contributed by atoms with Gasteiger partial charge in [-0.15, -0.1) is 0 Å². The molecule has 9 aromatic rings. The molecule has 0 atom stereocenters. The smallest absolute Gasteiger partial charge is 0.161 e. The Kier molecular flexibility index (Phi) is 7.63. The molecule has 0 radical (unpaired) electrons. The van der Waals surface area contributed by atoms with Crippen molar-refractivity contribution in [3.8, 4) is 16.8 Å². The van der Waals surface area contributed by atoms with Gasteiger partial charge in [0.05, 0.1) is 28.7 Å². The highest BCUT2D eigenvalue weighted by atomic mass is 16.3. The van der Waals surface area contributed by atoms with Crippen molar-refractivity contribution in [1.82, 2.24) is 4.57 Å². The van der Waals surface area contributed by atoms with Crippen LogP contribution < -0.4 is 0 Å². The average molecular weight is 657 g/mol. The van der Waals surface area contributed by atoms with Crippen LogP contribution in [0.25, 0.3) is 60.6 Å². The number of nitrogens with zero attached hydrogens (tertiary/aromatic N) is 4. The van der Waals surface area contributed by atoms with Crippen LogP contribution in [-0.2, 0) is 6.54 Å². The zero-order valence-corrected chi connectivity index (χ0v) is 27.8. The van der Waals surface area contributed by atoms with Gasteiger partial charge in [0.25, 0.3) is 0 Å². The first kappa shape index (κ1) is 30.2. The monoisotopic (exact) mass is 656 g/mol. The Morgan fingerprint density at radius 2 is 1.25 bits per heavy atom. The number of para-hydroxylation sites is 3. The molecule has 2 heterocycles. The van der Waals surface area contributed by atoms with Crippen LogP contribution in [-0.4, -0.2) is 23.0 Å². The molecule has 0 saturated carbocycles. The number of aliphatic imine (C=N–C) groups is 3. The summed E-state index contributed by atoms with van der Waals surface area (Å²) >= 11 is 0.